The second-order valence-corrected chi connectivity index (χ2v) is 4.91. The van der Waals surface area contributed by atoms with Crippen molar-refractivity contribution in [1.82, 2.24) is 4.98 Å². The molecule has 0 amide bonds. The monoisotopic (exact) mass is 247 g/mol. The molecule has 0 unspecified atom stereocenters. The summed E-state index contributed by atoms with van der Waals surface area (Å²) in [6.07, 6.45) is 0.801. The summed E-state index contributed by atoms with van der Waals surface area (Å²) in [4.78, 5) is 16.6. The summed E-state index contributed by atoms with van der Waals surface area (Å²) in [5.41, 5.74) is 2.44. The highest BCUT2D eigenvalue weighted by Gasteiger charge is 2.14. The van der Waals surface area contributed by atoms with Gasteiger partial charge in [0.1, 0.15) is 10.8 Å². The summed E-state index contributed by atoms with van der Waals surface area (Å²) in [7, 11) is 1.57. The Morgan fingerprint density at radius 3 is 2.65 bits per heavy atom. The number of aromatic nitrogens is 1. The maximum absolute atomic E-state index is 10.9. The molecule has 4 heteroatoms. The number of thiazole rings is 1. The fourth-order valence-corrected chi connectivity index (χ4v) is 2.57. The molecule has 0 N–H and O–H groups in total. The first-order chi connectivity index (χ1) is 8.17. The van der Waals surface area contributed by atoms with Crippen LogP contribution >= 0.6 is 11.3 Å². The average molecular weight is 247 g/mol. The van der Waals surface area contributed by atoms with Crippen molar-refractivity contribution < 1.29 is 9.53 Å². The molecule has 0 fully saturated rings. The third kappa shape index (κ3) is 2.08. The molecule has 1 aromatic carbocycles. The molecule has 0 spiro atoms. The van der Waals surface area contributed by atoms with Crippen LogP contribution in [0.1, 0.15) is 20.9 Å². The average Bonchev–Trinajstić information content (AvgIpc) is 2.68. The molecule has 3 nitrogen and oxygen atoms in total. The van der Waals surface area contributed by atoms with E-state index in [2.05, 4.69) is 4.98 Å². The summed E-state index contributed by atoms with van der Waals surface area (Å²) < 4.78 is 5.31. The first kappa shape index (κ1) is 11.8. The molecule has 0 saturated carbocycles. The number of carbonyl (C=O) groups excluding carboxylic acids is 1. The molecule has 88 valence electrons. The lowest BCUT2D eigenvalue weighted by molar-refractivity contribution is 0.112. The Labute approximate surface area is 104 Å². The standard InChI is InChI=1S/C13H13NO2S/c1-8-9(2)17-13(14-8)11-6-4-5-10(7-15)12(11)16-3/h4-7H,1-3H3. The molecule has 2 aromatic rings. The van der Waals surface area contributed by atoms with Crippen LogP contribution in [0.5, 0.6) is 5.75 Å². The molecule has 0 aliphatic heterocycles. The molecule has 0 atom stereocenters. The van der Waals surface area contributed by atoms with Gasteiger partial charge >= 0.3 is 0 Å². The number of nitrogens with zero attached hydrogens (tertiary/aromatic N) is 1. The first-order valence-electron chi connectivity index (χ1n) is 5.24. The van der Waals surface area contributed by atoms with Gasteiger partial charge in [0.2, 0.25) is 0 Å². The number of rotatable bonds is 3. The van der Waals surface area contributed by atoms with E-state index in [4.69, 9.17) is 4.74 Å². The van der Waals surface area contributed by atoms with E-state index in [0.717, 1.165) is 22.6 Å². The Balaban J connectivity index is 2.62. The van der Waals surface area contributed by atoms with Crippen molar-refractivity contribution in [2.24, 2.45) is 0 Å². The second-order valence-electron chi connectivity index (χ2n) is 3.71. The van der Waals surface area contributed by atoms with Gasteiger partial charge in [-0.3, -0.25) is 4.79 Å². The lowest BCUT2D eigenvalue weighted by Gasteiger charge is -2.07. The van der Waals surface area contributed by atoms with Gasteiger partial charge in [-0.05, 0) is 26.0 Å². The maximum atomic E-state index is 10.9. The summed E-state index contributed by atoms with van der Waals surface area (Å²) in [6.45, 7) is 4.01. The van der Waals surface area contributed by atoms with E-state index in [1.807, 2.05) is 26.0 Å². The Morgan fingerprint density at radius 2 is 2.12 bits per heavy atom. The molecular formula is C13H13NO2S. The quantitative estimate of drug-likeness (QED) is 0.781. The molecule has 2 rings (SSSR count). The Hall–Kier alpha value is -1.68. The number of hydrogen-bond donors (Lipinski definition) is 0. The number of methoxy groups -OCH3 is 1. The van der Waals surface area contributed by atoms with Gasteiger partial charge in [-0.15, -0.1) is 11.3 Å². The highest BCUT2D eigenvalue weighted by atomic mass is 32.1. The number of ether oxygens (including phenoxy) is 1. The van der Waals surface area contributed by atoms with Crippen molar-refractivity contribution in [3.63, 3.8) is 0 Å². The molecule has 0 aliphatic rings. The van der Waals surface area contributed by atoms with Gasteiger partial charge in [-0.1, -0.05) is 6.07 Å². The Kier molecular flexibility index (Phi) is 3.24. The summed E-state index contributed by atoms with van der Waals surface area (Å²) in [5, 5.41) is 0.889. The molecule has 1 heterocycles. The van der Waals surface area contributed by atoms with E-state index in [1.54, 1.807) is 24.5 Å². The highest BCUT2D eigenvalue weighted by Crippen LogP contribution is 2.35. The number of aryl methyl sites for hydroxylation is 2. The van der Waals surface area contributed by atoms with Gasteiger partial charge in [-0.25, -0.2) is 4.98 Å². The van der Waals surface area contributed by atoms with Crippen LogP contribution in [-0.2, 0) is 0 Å². The zero-order valence-electron chi connectivity index (χ0n) is 9.98. The van der Waals surface area contributed by atoms with Crippen molar-refractivity contribution in [2.45, 2.75) is 13.8 Å². The minimum Gasteiger partial charge on any atom is -0.495 e. The van der Waals surface area contributed by atoms with Crippen molar-refractivity contribution in [1.29, 1.82) is 0 Å². The fraction of sp³-hybridized carbons (Fsp3) is 0.231. The first-order valence-corrected chi connectivity index (χ1v) is 6.05. The predicted octanol–water partition coefficient (Wildman–Crippen LogP) is 3.25. The molecule has 1 aromatic heterocycles. The third-order valence-electron chi connectivity index (χ3n) is 2.64. The van der Waals surface area contributed by atoms with E-state index >= 15 is 0 Å². The normalized spacial score (nSPS) is 10.3. The van der Waals surface area contributed by atoms with Crippen molar-refractivity contribution in [3.05, 3.63) is 34.3 Å². The summed E-state index contributed by atoms with van der Waals surface area (Å²) in [5.74, 6) is 0.594. The van der Waals surface area contributed by atoms with E-state index in [-0.39, 0.29) is 0 Å². The minimum absolute atomic E-state index is 0.551. The Bertz CT molecular complexity index is 541. The van der Waals surface area contributed by atoms with Gasteiger partial charge in [-0.2, -0.15) is 0 Å². The number of carbonyl (C=O) groups is 1. The molecule has 0 radical (unpaired) electrons. The molecule has 0 bridgehead atoms. The van der Waals surface area contributed by atoms with Gasteiger partial charge < -0.3 is 4.74 Å². The Morgan fingerprint density at radius 1 is 1.35 bits per heavy atom. The van der Waals surface area contributed by atoms with E-state index < -0.39 is 0 Å². The van der Waals surface area contributed by atoms with Gasteiger partial charge in [0.15, 0.2) is 6.29 Å². The molecule has 0 aliphatic carbocycles. The number of benzene rings is 1. The van der Waals surface area contributed by atoms with Crippen LogP contribution in [0.2, 0.25) is 0 Å². The molecule has 17 heavy (non-hydrogen) atoms. The predicted molar refractivity (Wildman–Crippen MR) is 69.0 cm³/mol. The van der Waals surface area contributed by atoms with E-state index in [9.17, 15) is 4.79 Å². The van der Waals surface area contributed by atoms with Gasteiger partial charge in [0.05, 0.1) is 23.9 Å². The van der Waals surface area contributed by atoms with Crippen LogP contribution < -0.4 is 4.74 Å². The zero-order valence-corrected chi connectivity index (χ0v) is 10.8. The van der Waals surface area contributed by atoms with Crippen LogP contribution in [0.15, 0.2) is 18.2 Å². The number of aldehydes is 1. The SMILES string of the molecule is COc1c(C=O)cccc1-c1nc(C)c(C)s1. The van der Waals surface area contributed by atoms with Crippen LogP contribution in [-0.4, -0.2) is 18.4 Å². The lowest BCUT2D eigenvalue weighted by atomic mass is 10.1. The molecule has 0 saturated heterocycles. The smallest absolute Gasteiger partial charge is 0.153 e. The number of hydrogen-bond acceptors (Lipinski definition) is 4. The van der Waals surface area contributed by atoms with E-state index in [1.165, 1.54) is 4.88 Å². The highest BCUT2D eigenvalue weighted by molar-refractivity contribution is 7.15. The topological polar surface area (TPSA) is 39.2 Å². The zero-order chi connectivity index (χ0) is 12.4. The molecular weight excluding hydrogens is 234 g/mol. The van der Waals surface area contributed by atoms with Gasteiger partial charge in [0.25, 0.3) is 0 Å². The van der Waals surface area contributed by atoms with Crippen molar-refractivity contribution in [3.8, 4) is 16.3 Å². The maximum Gasteiger partial charge on any atom is 0.153 e. The lowest BCUT2D eigenvalue weighted by Crippen LogP contribution is -1.93. The van der Waals surface area contributed by atoms with Crippen LogP contribution in [0.25, 0.3) is 10.6 Å². The third-order valence-corrected chi connectivity index (χ3v) is 3.74. The van der Waals surface area contributed by atoms with Crippen LogP contribution in [0.3, 0.4) is 0 Å². The van der Waals surface area contributed by atoms with Crippen LogP contribution in [0.4, 0.5) is 0 Å². The summed E-state index contributed by atoms with van der Waals surface area (Å²) >= 11 is 1.61. The minimum atomic E-state index is 0.551. The fourth-order valence-electron chi connectivity index (χ4n) is 1.63. The van der Waals surface area contributed by atoms with E-state index in [0.29, 0.717) is 11.3 Å². The van der Waals surface area contributed by atoms with Gasteiger partial charge in [0, 0.05) is 4.88 Å². The van der Waals surface area contributed by atoms with Crippen molar-refractivity contribution in [2.75, 3.05) is 7.11 Å². The second kappa shape index (κ2) is 4.67. The largest absolute Gasteiger partial charge is 0.495 e. The van der Waals surface area contributed by atoms with Crippen LogP contribution in [0, 0.1) is 13.8 Å². The summed E-state index contributed by atoms with van der Waals surface area (Å²) in [6, 6.07) is 5.50. The van der Waals surface area contributed by atoms with Crippen molar-refractivity contribution >= 4 is 17.6 Å². The number of para-hydroxylation sites is 1.